The van der Waals surface area contributed by atoms with Crippen molar-refractivity contribution in [3.05, 3.63) is 40.5 Å². The van der Waals surface area contributed by atoms with E-state index in [0.717, 1.165) is 30.2 Å². The molecule has 0 unspecified atom stereocenters. The first-order valence-corrected chi connectivity index (χ1v) is 10.6. The molecule has 6 heteroatoms. The van der Waals surface area contributed by atoms with Gasteiger partial charge in [0, 0.05) is 22.9 Å². The number of fused-ring (bicyclic) bond motifs is 1. The molecule has 2 bridgehead atoms. The highest BCUT2D eigenvalue weighted by Gasteiger charge is 2.56. The smallest absolute Gasteiger partial charge is 0.228 e. The summed E-state index contributed by atoms with van der Waals surface area (Å²) in [4.78, 5) is 19.8. The molecule has 0 spiro atoms. The fourth-order valence-electron chi connectivity index (χ4n) is 5.03. The van der Waals surface area contributed by atoms with Gasteiger partial charge in [0.1, 0.15) is 16.9 Å². The lowest BCUT2D eigenvalue weighted by Crippen LogP contribution is -2.53. The van der Waals surface area contributed by atoms with Gasteiger partial charge in [-0.25, -0.2) is 9.37 Å². The van der Waals surface area contributed by atoms with E-state index < -0.39 is 0 Å². The van der Waals surface area contributed by atoms with Gasteiger partial charge in [0.2, 0.25) is 5.91 Å². The summed E-state index contributed by atoms with van der Waals surface area (Å²) in [5, 5.41) is 2.68. The summed E-state index contributed by atoms with van der Waals surface area (Å²) in [6, 6.07) is 6.67. The lowest BCUT2D eigenvalue weighted by Gasteiger charge is -2.44. The molecule has 3 saturated carbocycles. The zero-order valence-corrected chi connectivity index (χ0v) is 16.2. The summed E-state index contributed by atoms with van der Waals surface area (Å²) in [6.07, 6.45) is 4.11. The van der Waals surface area contributed by atoms with Crippen LogP contribution in [0.3, 0.4) is 0 Å². The van der Waals surface area contributed by atoms with Gasteiger partial charge in [-0.15, -0.1) is 11.3 Å². The molecule has 27 heavy (non-hydrogen) atoms. The molecule has 0 N–H and O–H groups in total. The van der Waals surface area contributed by atoms with E-state index in [0.29, 0.717) is 30.3 Å². The predicted octanol–water partition coefficient (Wildman–Crippen LogP) is 4.43. The minimum Gasteiger partial charge on any atom is -0.364 e. The van der Waals surface area contributed by atoms with Crippen molar-refractivity contribution in [1.29, 1.82) is 0 Å². The molecule has 1 aromatic carbocycles. The Hall–Kier alpha value is -1.79. The number of morpholine rings is 1. The van der Waals surface area contributed by atoms with Crippen LogP contribution < -0.4 is 0 Å². The van der Waals surface area contributed by atoms with Crippen molar-refractivity contribution < 1.29 is 13.9 Å². The van der Waals surface area contributed by atoms with Crippen molar-refractivity contribution in [3.8, 4) is 11.3 Å². The molecule has 3 aliphatic carbocycles. The molecule has 1 aromatic heterocycles. The number of amides is 1. The summed E-state index contributed by atoms with van der Waals surface area (Å²) >= 11 is 1.48. The maximum atomic E-state index is 14.1. The van der Waals surface area contributed by atoms with Crippen molar-refractivity contribution in [2.75, 3.05) is 13.1 Å². The van der Waals surface area contributed by atoms with Gasteiger partial charge in [0.15, 0.2) is 0 Å². The second-order valence-electron chi connectivity index (χ2n) is 8.29. The van der Waals surface area contributed by atoms with E-state index in [1.807, 2.05) is 23.3 Å². The van der Waals surface area contributed by atoms with Crippen LogP contribution in [0.15, 0.2) is 29.6 Å². The Morgan fingerprint density at radius 2 is 2.15 bits per heavy atom. The summed E-state index contributed by atoms with van der Waals surface area (Å²) in [6.45, 7) is 3.20. The number of hydrogen-bond donors (Lipinski definition) is 0. The number of rotatable bonds is 3. The highest BCUT2D eigenvalue weighted by Crippen LogP contribution is 2.59. The van der Waals surface area contributed by atoms with Gasteiger partial charge < -0.3 is 9.64 Å². The fourth-order valence-corrected chi connectivity index (χ4v) is 5.88. The van der Waals surface area contributed by atoms with E-state index in [9.17, 15) is 9.18 Å². The fraction of sp³-hybridized carbons (Fsp3) is 0.524. The monoisotopic (exact) mass is 386 g/mol. The molecule has 4 aliphatic rings. The Kier molecular flexibility index (Phi) is 4.09. The molecular weight excluding hydrogens is 363 g/mol. The minimum absolute atomic E-state index is 0.0258. The Bertz CT molecular complexity index is 871. The van der Waals surface area contributed by atoms with Gasteiger partial charge in [-0.1, -0.05) is 12.1 Å². The molecule has 2 atom stereocenters. The van der Waals surface area contributed by atoms with Crippen LogP contribution in [0.5, 0.6) is 0 Å². The Morgan fingerprint density at radius 3 is 2.89 bits per heavy atom. The van der Waals surface area contributed by atoms with Crippen LogP contribution in [0.2, 0.25) is 0 Å². The standard InChI is InChI=1S/C21H23FN2O2S/c1-13-10-24(20(25)21-7-6-14(8-21)9-21)11-18(26-13)19-23-17(12-27-19)15-4-2-3-5-16(15)22/h2-5,12-14,18H,6-11H2,1H3/t13-,14?,18-,21?/m1/s1. The molecule has 1 saturated heterocycles. The molecule has 142 valence electrons. The van der Waals surface area contributed by atoms with Gasteiger partial charge in [-0.3, -0.25) is 4.79 Å². The van der Waals surface area contributed by atoms with Crippen LogP contribution in [0.25, 0.3) is 11.3 Å². The van der Waals surface area contributed by atoms with Gasteiger partial charge in [-0.2, -0.15) is 0 Å². The molecule has 6 rings (SSSR count). The number of carbonyl (C=O) groups excluding carboxylic acids is 1. The first-order chi connectivity index (χ1) is 13.0. The Morgan fingerprint density at radius 1 is 1.33 bits per heavy atom. The van der Waals surface area contributed by atoms with Crippen LogP contribution >= 0.6 is 11.3 Å². The van der Waals surface area contributed by atoms with Gasteiger partial charge in [0.25, 0.3) is 0 Å². The topological polar surface area (TPSA) is 42.4 Å². The van der Waals surface area contributed by atoms with Crippen LogP contribution in [0.4, 0.5) is 4.39 Å². The second kappa shape index (κ2) is 6.38. The van der Waals surface area contributed by atoms with Gasteiger partial charge in [-0.05, 0) is 50.7 Å². The largest absolute Gasteiger partial charge is 0.364 e. The SMILES string of the molecule is C[C@@H]1CN(C(=O)C23CCC(C2)C3)C[C@H](c2nc(-c3ccccc3F)cs2)O1. The Labute approximate surface area is 162 Å². The first-order valence-electron chi connectivity index (χ1n) is 9.69. The number of aromatic nitrogens is 1. The highest BCUT2D eigenvalue weighted by molar-refractivity contribution is 7.10. The lowest BCUT2D eigenvalue weighted by molar-refractivity contribution is -0.159. The average Bonchev–Trinajstić information content (AvgIpc) is 3.36. The number of nitrogens with zero attached hydrogens (tertiary/aromatic N) is 2. The maximum Gasteiger partial charge on any atom is 0.228 e. The van der Waals surface area contributed by atoms with Gasteiger partial charge >= 0.3 is 0 Å². The van der Waals surface area contributed by atoms with Crippen molar-refractivity contribution in [2.45, 2.75) is 44.8 Å². The molecule has 2 aromatic rings. The molecular formula is C21H23FN2O2S. The number of halogens is 1. The highest BCUT2D eigenvalue weighted by atomic mass is 32.1. The molecule has 0 radical (unpaired) electrons. The molecule has 1 aliphatic heterocycles. The van der Waals surface area contributed by atoms with E-state index in [2.05, 4.69) is 4.98 Å². The van der Waals surface area contributed by atoms with Crippen molar-refractivity contribution in [1.82, 2.24) is 9.88 Å². The summed E-state index contributed by atoms with van der Waals surface area (Å²) in [5.74, 6) is 0.803. The molecule has 1 amide bonds. The van der Waals surface area contributed by atoms with Crippen LogP contribution in [-0.2, 0) is 9.53 Å². The number of hydrogen-bond acceptors (Lipinski definition) is 4. The van der Waals surface area contributed by atoms with Crippen LogP contribution in [0, 0.1) is 17.2 Å². The maximum absolute atomic E-state index is 14.1. The third kappa shape index (κ3) is 2.90. The summed E-state index contributed by atoms with van der Waals surface area (Å²) < 4.78 is 20.2. The van der Waals surface area contributed by atoms with E-state index in [1.54, 1.807) is 12.1 Å². The molecule has 4 nitrogen and oxygen atoms in total. The summed E-state index contributed by atoms with van der Waals surface area (Å²) in [5.41, 5.74) is 1.04. The van der Waals surface area contributed by atoms with Gasteiger partial charge in [0.05, 0.1) is 18.3 Å². The summed E-state index contributed by atoms with van der Waals surface area (Å²) in [7, 11) is 0. The third-order valence-corrected chi connectivity index (χ3v) is 7.28. The van der Waals surface area contributed by atoms with Crippen LogP contribution in [0.1, 0.15) is 43.7 Å². The Balaban J connectivity index is 1.36. The lowest BCUT2D eigenvalue weighted by atomic mass is 9.68. The molecule has 4 fully saturated rings. The number of ether oxygens (including phenoxy) is 1. The van der Waals surface area contributed by atoms with Crippen molar-refractivity contribution in [2.24, 2.45) is 11.3 Å². The van der Waals surface area contributed by atoms with Crippen molar-refractivity contribution >= 4 is 17.2 Å². The first kappa shape index (κ1) is 17.3. The average molecular weight is 386 g/mol. The normalized spacial score (nSPS) is 32.4. The number of benzene rings is 1. The van der Waals surface area contributed by atoms with E-state index in [1.165, 1.54) is 23.8 Å². The van der Waals surface area contributed by atoms with Crippen LogP contribution in [-0.4, -0.2) is 35.0 Å². The number of thiazole rings is 1. The quantitative estimate of drug-likeness (QED) is 0.784. The van der Waals surface area contributed by atoms with E-state index >= 15 is 0 Å². The third-order valence-electron chi connectivity index (χ3n) is 6.34. The van der Waals surface area contributed by atoms with E-state index in [4.69, 9.17) is 4.74 Å². The second-order valence-corrected chi connectivity index (χ2v) is 9.18. The molecule has 2 heterocycles. The zero-order valence-electron chi connectivity index (χ0n) is 15.4. The number of carbonyl (C=O) groups is 1. The zero-order chi connectivity index (χ0) is 18.6. The van der Waals surface area contributed by atoms with Crippen molar-refractivity contribution in [3.63, 3.8) is 0 Å². The van der Waals surface area contributed by atoms with E-state index in [-0.39, 0.29) is 23.4 Å². The predicted molar refractivity (Wildman–Crippen MR) is 102 cm³/mol. The minimum atomic E-state index is -0.274.